The quantitative estimate of drug-likeness (QED) is 0.598. The van der Waals surface area contributed by atoms with E-state index in [4.69, 9.17) is 0 Å². The largest absolute Gasteiger partial charge is 0.416 e. The average Bonchev–Trinajstić information content (AvgIpc) is 2.61. The molecule has 0 aliphatic rings. The first-order valence-electron chi connectivity index (χ1n) is 8.45. The lowest BCUT2D eigenvalue weighted by Crippen LogP contribution is -2.21. The van der Waals surface area contributed by atoms with Gasteiger partial charge in [-0.15, -0.1) is 0 Å². The van der Waals surface area contributed by atoms with Gasteiger partial charge >= 0.3 is 6.18 Å². The van der Waals surface area contributed by atoms with Gasteiger partial charge < -0.3 is 20.5 Å². The molecule has 7 nitrogen and oxygen atoms in total. The summed E-state index contributed by atoms with van der Waals surface area (Å²) in [6, 6.07) is 6.32. The summed E-state index contributed by atoms with van der Waals surface area (Å²) < 4.78 is 38.9. The van der Waals surface area contributed by atoms with E-state index in [9.17, 15) is 18.0 Å². The van der Waals surface area contributed by atoms with Crippen LogP contribution in [0.4, 0.5) is 30.5 Å². The van der Waals surface area contributed by atoms with E-state index in [0.717, 1.165) is 18.7 Å². The molecule has 0 saturated carbocycles. The molecule has 0 spiro atoms. The number of alkyl halides is 3. The fourth-order valence-electron chi connectivity index (χ4n) is 2.59. The SMILES string of the molecule is CN(C)CCNc1cc2nc[nH]c(=O)c2c(Nc2cccc(C(F)(F)F)c2)n1. The van der Waals surface area contributed by atoms with Gasteiger partial charge in [-0.1, -0.05) is 6.07 Å². The van der Waals surface area contributed by atoms with E-state index in [1.165, 1.54) is 18.5 Å². The zero-order valence-electron chi connectivity index (χ0n) is 15.3. The van der Waals surface area contributed by atoms with Gasteiger partial charge in [0, 0.05) is 24.8 Å². The molecule has 0 unspecified atom stereocenters. The summed E-state index contributed by atoms with van der Waals surface area (Å²) in [6.45, 7) is 1.34. The molecule has 3 rings (SSSR count). The number of hydrogen-bond acceptors (Lipinski definition) is 6. The van der Waals surface area contributed by atoms with Crippen LogP contribution in [0.3, 0.4) is 0 Å². The lowest BCUT2D eigenvalue weighted by molar-refractivity contribution is -0.137. The van der Waals surface area contributed by atoms with Crippen molar-refractivity contribution in [2.45, 2.75) is 6.18 Å². The molecule has 10 heteroatoms. The molecule has 0 amide bonds. The minimum absolute atomic E-state index is 0.124. The Labute approximate surface area is 158 Å². The first-order chi connectivity index (χ1) is 13.2. The van der Waals surface area contributed by atoms with Gasteiger partial charge in [0.25, 0.3) is 5.56 Å². The molecule has 0 bridgehead atoms. The van der Waals surface area contributed by atoms with E-state index in [-0.39, 0.29) is 16.9 Å². The molecule has 0 radical (unpaired) electrons. The number of likely N-dealkylation sites (N-methyl/N-ethyl adjacent to an activating group) is 1. The number of pyridine rings is 1. The van der Waals surface area contributed by atoms with Crippen molar-refractivity contribution in [3.05, 3.63) is 52.6 Å². The standard InChI is InChI=1S/C18H19F3N6O/c1-27(2)7-6-22-14-9-13-15(17(28)24-10-23-13)16(26-14)25-12-5-3-4-11(8-12)18(19,20)21/h3-5,8-10H,6-7H2,1-2H3,(H2,22,25,26)(H,23,24,28). The van der Waals surface area contributed by atoms with Crippen LogP contribution in [0.5, 0.6) is 0 Å². The predicted octanol–water partition coefficient (Wildman–Crippen LogP) is 3.05. The summed E-state index contributed by atoms with van der Waals surface area (Å²) >= 11 is 0. The van der Waals surface area contributed by atoms with Gasteiger partial charge in [0.2, 0.25) is 0 Å². The van der Waals surface area contributed by atoms with Crippen LogP contribution < -0.4 is 16.2 Å². The summed E-state index contributed by atoms with van der Waals surface area (Å²) in [7, 11) is 3.86. The van der Waals surface area contributed by atoms with Crippen molar-refractivity contribution in [1.29, 1.82) is 0 Å². The van der Waals surface area contributed by atoms with Crippen molar-refractivity contribution in [3.63, 3.8) is 0 Å². The highest BCUT2D eigenvalue weighted by Crippen LogP contribution is 2.32. The summed E-state index contributed by atoms with van der Waals surface area (Å²) in [5.74, 6) is 0.584. The maximum atomic E-state index is 13.0. The molecule has 0 atom stereocenters. The fourth-order valence-corrected chi connectivity index (χ4v) is 2.59. The molecule has 3 N–H and O–H groups in total. The third-order valence-corrected chi connectivity index (χ3v) is 3.94. The maximum Gasteiger partial charge on any atom is 0.416 e. The second kappa shape index (κ2) is 7.85. The van der Waals surface area contributed by atoms with Gasteiger partial charge in [-0.3, -0.25) is 4.79 Å². The predicted molar refractivity (Wildman–Crippen MR) is 102 cm³/mol. The fraction of sp³-hybridized carbons (Fsp3) is 0.278. The lowest BCUT2D eigenvalue weighted by Gasteiger charge is -2.14. The monoisotopic (exact) mass is 392 g/mol. The summed E-state index contributed by atoms with van der Waals surface area (Å²) in [4.78, 5) is 25.2. The molecule has 0 fully saturated rings. The molecule has 0 saturated heterocycles. The zero-order chi connectivity index (χ0) is 20.3. The van der Waals surface area contributed by atoms with Crippen LogP contribution in [-0.2, 0) is 6.18 Å². The molecule has 2 heterocycles. The Kier molecular flexibility index (Phi) is 5.50. The molecular formula is C18H19F3N6O. The van der Waals surface area contributed by atoms with E-state index in [1.54, 1.807) is 6.07 Å². The van der Waals surface area contributed by atoms with Crippen molar-refractivity contribution in [1.82, 2.24) is 19.9 Å². The number of hydrogen-bond donors (Lipinski definition) is 3. The van der Waals surface area contributed by atoms with E-state index in [0.29, 0.717) is 17.9 Å². The van der Waals surface area contributed by atoms with Gasteiger partial charge in [-0.05, 0) is 32.3 Å². The topological polar surface area (TPSA) is 85.9 Å². The van der Waals surface area contributed by atoms with E-state index in [1.807, 2.05) is 19.0 Å². The van der Waals surface area contributed by atoms with E-state index >= 15 is 0 Å². The van der Waals surface area contributed by atoms with Gasteiger partial charge in [0.15, 0.2) is 0 Å². The number of nitrogens with one attached hydrogen (secondary N) is 3. The zero-order valence-corrected chi connectivity index (χ0v) is 15.3. The molecule has 148 valence electrons. The van der Waals surface area contributed by atoms with Crippen LogP contribution in [-0.4, -0.2) is 47.0 Å². The third-order valence-electron chi connectivity index (χ3n) is 3.94. The Morgan fingerprint density at radius 1 is 1.21 bits per heavy atom. The summed E-state index contributed by atoms with van der Waals surface area (Å²) in [5.41, 5.74) is -0.696. The highest BCUT2D eigenvalue weighted by molar-refractivity contribution is 5.91. The van der Waals surface area contributed by atoms with Crippen molar-refractivity contribution >= 4 is 28.2 Å². The van der Waals surface area contributed by atoms with Gasteiger partial charge in [0.05, 0.1) is 17.4 Å². The van der Waals surface area contributed by atoms with Gasteiger partial charge in [-0.25, -0.2) is 9.97 Å². The third kappa shape index (κ3) is 4.58. The van der Waals surface area contributed by atoms with Gasteiger partial charge in [0.1, 0.15) is 17.0 Å². The van der Waals surface area contributed by atoms with Gasteiger partial charge in [-0.2, -0.15) is 13.2 Å². The number of rotatable bonds is 6. The van der Waals surface area contributed by atoms with Crippen LogP contribution in [0, 0.1) is 0 Å². The highest BCUT2D eigenvalue weighted by Gasteiger charge is 2.30. The minimum atomic E-state index is -4.47. The molecule has 1 aromatic carbocycles. The molecule has 28 heavy (non-hydrogen) atoms. The van der Waals surface area contributed by atoms with E-state index in [2.05, 4.69) is 25.6 Å². The number of anilines is 3. The van der Waals surface area contributed by atoms with Crippen LogP contribution >= 0.6 is 0 Å². The van der Waals surface area contributed by atoms with Crippen molar-refractivity contribution in [3.8, 4) is 0 Å². The molecule has 2 aromatic heterocycles. The van der Waals surface area contributed by atoms with Crippen LogP contribution in [0.15, 0.2) is 41.5 Å². The van der Waals surface area contributed by atoms with Crippen molar-refractivity contribution in [2.75, 3.05) is 37.8 Å². The first-order valence-corrected chi connectivity index (χ1v) is 8.45. The summed E-state index contributed by atoms with van der Waals surface area (Å²) in [5, 5.41) is 6.11. The van der Waals surface area contributed by atoms with Crippen molar-refractivity contribution in [2.24, 2.45) is 0 Å². The highest BCUT2D eigenvalue weighted by atomic mass is 19.4. The lowest BCUT2D eigenvalue weighted by atomic mass is 10.2. The van der Waals surface area contributed by atoms with Crippen molar-refractivity contribution < 1.29 is 13.2 Å². The maximum absolute atomic E-state index is 13.0. The molecular weight excluding hydrogens is 373 g/mol. The van der Waals surface area contributed by atoms with Crippen LogP contribution in [0.2, 0.25) is 0 Å². The number of benzene rings is 1. The normalized spacial score (nSPS) is 11.8. The van der Waals surface area contributed by atoms with Crippen LogP contribution in [0.1, 0.15) is 5.56 Å². The number of nitrogens with zero attached hydrogens (tertiary/aromatic N) is 3. The number of aromatic nitrogens is 3. The Morgan fingerprint density at radius 2 is 2.00 bits per heavy atom. The molecule has 0 aliphatic heterocycles. The van der Waals surface area contributed by atoms with E-state index < -0.39 is 17.3 Å². The summed E-state index contributed by atoms with van der Waals surface area (Å²) in [6.07, 6.45) is -3.20. The Hall–Kier alpha value is -3.14. The Balaban J connectivity index is 2.00. The Bertz CT molecular complexity index is 1030. The first kappa shape index (κ1) is 19.6. The molecule has 3 aromatic rings. The second-order valence-corrected chi connectivity index (χ2v) is 6.42. The molecule has 0 aliphatic carbocycles. The number of halogens is 3. The number of fused-ring (bicyclic) bond motifs is 1. The minimum Gasteiger partial charge on any atom is -0.369 e. The average molecular weight is 392 g/mol. The van der Waals surface area contributed by atoms with Crippen LogP contribution in [0.25, 0.3) is 10.9 Å². The smallest absolute Gasteiger partial charge is 0.369 e. The number of aromatic amines is 1. The Morgan fingerprint density at radius 3 is 2.71 bits per heavy atom. The second-order valence-electron chi connectivity index (χ2n) is 6.42. The number of H-pyrrole nitrogens is 1.